The van der Waals surface area contributed by atoms with E-state index in [-0.39, 0.29) is 36.5 Å². The molecule has 1 unspecified atom stereocenters. The van der Waals surface area contributed by atoms with Gasteiger partial charge in [0, 0.05) is 50.4 Å². The topological polar surface area (TPSA) is 44.8 Å². The second-order valence-corrected chi connectivity index (χ2v) is 9.42. The van der Waals surface area contributed by atoms with Crippen LogP contribution in [-0.4, -0.2) is 61.6 Å². The van der Waals surface area contributed by atoms with Crippen molar-refractivity contribution in [1.82, 2.24) is 15.1 Å². The summed E-state index contributed by atoms with van der Waals surface area (Å²) in [6.07, 6.45) is 0.191. The molecular weight excluding hydrogens is 460 g/mol. The Morgan fingerprint density at radius 3 is 2.42 bits per heavy atom. The summed E-state index contributed by atoms with van der Waals surface area (Å²) in [7, 11) is 2.13. The van der Waals surface area contributed by atoms with Crippen molar-refractivity contribution >= 4 is 5.91 Å². The van der Waals surface area contributed by atoms with Crippen LogP contribution in [-0.2, 0) is 17.8 Å². The Labute approximate surface area is 211 Å². The number of benzene rings is 3. The molecule has 1 amide bonds. The number of rotatable bonds is 9. The van der Waals surface area contributed by atoms with Crippen LogP contribution in [0.1, 0.15) is 18.1 Å². The number of likely N-dealkylation sites (N-methyl/N-ethyl adjacent to an activating group) is 1. The molecule has 1 fully saturated rings. The quantitative estimate of drug-likeness (QED) is 0.477. The number of nitrogens with one attached hydrogen (secondary N) is 1. The molecule has 5 nitrogen and oxygen atoms in total. The van der Waals surface area contributed by atoms with Crippen molar-refractivity contribution in [3.8, 4) is 16.9 Å². The molecule has 0 aromatic heterocycles. The van der Waals surface area contributed by atoms with E-state index >= 15 is 0 Å². The van der Waals surface area contributed by atoms with Gasteiger partial charge in [-0.25, -0.2) is 8.78 Å². The third-order valence-corrected chi connectivity index (χ3v) is 6.60. The predicted molar refractivity (Wildman–Crippen MR) is 138 cm³/mol. The largest absolute Gasteiger partial charge is 0.492 e. The molecule has 190 valence electrons. The van der Waals surface area contributed by atoms with Crippen LogP contribution in [0, 0.1) is 11.6 Å². The zero-order valence-corrected chi connectivity index (χ0v) is 20.8. The van der Waals surface area contributed by atoms with E-state index in [2.05, 4.69) is 29.1 Å². The average molecular weight is 494 g/mol. The summed E-state index contributed by atoms with van der Waals surface area (Å²) in [6, 6.07) is 18.6. The molecule has 0 radical (unpaired) electrons. The molecule has 3 aromatic rings. The van der Waals surface area contributed by atoms with Crippen molar-refractivity contribution < 1.29 is 18.3 Å². The zero-order chi connectivity index (χ0) is 25.5. The lowest BCUT2D eigenvalue weighted by atomic mass is 10.0. The lowest BCUT2D eigenvalue weighted by Gasteiger charge is -2.36. The summed E-state index contributed by atoms with van der Waals surface area (Å²) in [5, 5.41) is 2.79. The summed E-state index contributed by atoms with van der Waals surface area (Å²) in [6.45, 7) is 7.04. The van der Waals surface area contributed by atoms with Gasteiger partial charge in [-0.15, -0.1) is 0 Å². The van der Waals surface area contributed by atoms with Crippen molar-refractivity contribution in [3.05, 3.63) is 89.5 Å². The van der Waals surface area contributed by atoms with E-state index in [9.17, 15) is 13.6 Å². The van der Waals surface area contributed by atoms with Gasteiger partial charge in [-0.3, -0.25) is 9.69 Å². The Kier molecular flexibility index (Phi) is 8.67. The SMILES string of the molecule is CC(COc1ccc(-c2ccc(CC(=O)NCc3cccc(F)c3)cc2)c(F)c1)N1CCN(C)CC1. The van der Waals surface area contributed by atoms with E-state index in [0.717, 1.165) is 37.3 Å². The zero-order valence-electron chi connectivity index (χ0n) is 20.8. The highest BCUT2D eigenvalue weighted by Crippen LogP contribution is 2.27. The molecule has 1 saturated heterocycles. The van der Waals surface area contributed by atoms with Crippen LogP contribution in [0.4, 0.5) is 8.78 Å². The third kappa shape index (κ3) is 7.12. The smallest absolute Gasteiger partial charge is 0.224 e. The van der Waals surface area contributed by atoms with Crippen LogP contribution in [0.5, 0.6) is 5.75 Å². The van der Waals surface area contributed by atoms with Gasteiger partial charge in [-0.1, -0.05) is 36.4 Å². The van der Waals surface area contributed by atoms with E-state index in [4.69, 9.17) is 4.74 Å². The van der Waals surface area contributed by atoms with Gasteiger partial charge in [0.2, 0.25) is 5.91 Å². The maximum atomic E-state index is 14.9. The normalized spacial score (nSPS) is 15.4. The highest BCUT2D eigenvalue weighted by molar-refractivity contribution is 5.79. The number of hydrogen-bond donors (Lipinski definition) is 1. The number of ether oxygens (including phenoxy) is 1. The Morgan fingerprint density at radius 2 is 1.72 bits per heavy atom. The van der Waals surface area contributed by atoms with Crippen LogP contribution in [0.15, 0.2) is 66.7 Å². The Morgan fingerprint density at radius 1 is 0.972 bits per heavy atom. The number of carbonyl (C=O) groups excluding carboxylic acids is 1. The molecular formula is C29H33F2N3O2. The van der Waals surface area contributed by atoms with Crippen LogP contribution >= 0.6 is 0 Å². The van der Waals surface area contributed by atoms with Crippen LogP contribution in [0.25, 0.3) is 11.1 Å². The first-order valence-corrected chi connectivity index (χ1v) is 12.3. The summed E-state index contributed by atoms with van der Waals surface area (Å²) in [5.41, 5.74) is 2.73. The number of piperazine rings is 1. The van der Waals surface area contributed by atoms with Crippen molar-refractivity contribution in [2.75, 3.05) is 39.8 Å². The van der Waals surface area contributed by atoms with E-state index in [1.807, 2.05) is 24.3 Å². The lowest BCUT2D eigenvalue weighted by molar-refractivity contribution is -0.120. The van der Waals surface area contributed by atoms with E-state index in [0.29, 0.717) is 23.5 Å². The van der Waals surface area contributed by atoms with Crippen LogP contribution < -0.4 is 10.1 Å². The molecule has 1 aliphatic heterocycles. The standard InChI is InChI=1S/C29H33F2N3O2/c1-21(34-14-12-33(2)13-15-34)20-36-26-10-11-27(28(31)18-26)24-8-6-22(7-9-24)17-29(35)32-19-23-4-3-5-25(30)16-23/h3-11,16,18,21H,12-15,17,19-20H2,1-2H3,(H,32,35). The second kappa shape index (κ2) is 12.1. The monoisotopic (exact) mass is 493 g/mol. The number of nitrogens with zero attached hydrogens (tertiary/aromatic N) is 2. The molecule has 1 heterocycles. The lowest BCUT2D eigenvalue weighted by Crippen LogP contribution is -2.49. The molecule has 0 bridgehead atoms. The van der Waals surface area contributed by atoms with Crippen LogP contribution in [0.3, 0.4) is 0 Å². The molecule has 0 saturated carbocycles. The number of amides is 1. The molecule has 1 N–H and O–H groups in total. The minimum Gasteiger partial charge on any atom is -0.492 e. The number of halogens is 2. The highest BCUT2D eigenvalue weighted by atomic mass is 19.1. The third-order valence-electron chi connectivity index (χ3n) is 6.60. The molecule has 36 heavy (non-hydrogen) atoms. The van der Waals surface area contributed by atoms with Gasteiger partial charge in [-0.05, 0) is 54.9 Å². The van der Waals surface area contributed by atoms with Crippen molar-refractivity contribution in [1.29, 1.82) is 0 Å². The fraction of sp³-hybridized carbons (Fsp3) is 0.345. The van der Waals surface area contributed by atoms with Crippen LogP contribution in [0.2, 0.25) is 0 Å². The van der Waals surface area contributed by atoms with Gasteiger partial charge in [0.15, 0.2) is 0 Å². The van der Waals surface area contributed by atoms with E-state index < -0.39 is 0 Å². The molecule has 7 heteroatoms. The summed E-state index contributed by atoms with van der Waals surface area (Å²) >= 11 is 0. The van der Waals surface area contributed by atoms with Gasteiger partial charge in [0.1, 0.15) is 24.0 Å². The van der Waals surface area contributed by atoms with Gasteiger partial charge in [-0.2, -0.15) is 0 Å². The van der Waals surface area contributed by atoms with Gasteiger partial charge < -0.3 is 15.0 Å². The minimum atomic E-state index is -0.347. The minimum absolute atomic E-state index is 0.162. The molecule has 3 aromatic carbocycles. The number of carbonyl (C=O) groups is 1. The summed E-state index contributed by atoms with van der Waals surface area (Å²) < 4.78 is 34.0. The maximum Gasteiger partial charge on any atom is 0.224 e. The first-order valence-electron chi connectivity index (χ1n) is 12.3. The fourth-order valence-corrected chi connectivity index (χ4v) is 4.30. The summed E-state index contributed by atoms with van der Waals surface area (Å²) in [4.78, 5) is 17.0. The Balaban J connectivity index is 1.28. The van der Waals surface area contributed by atoms with Gasteiger partial charge >= 0.3 is 0 Å². The van der Waals surface area contributed by atoms with Crippen molar-refractivity contribution in [2.24, 2.45) is 0 Å². The van der Waals surface area contributed by atoms with Gasteiger partial charge in [0.25, 0.3) is 0 Å². The van der Waals surface area contributed by atoms with Crippen molar-refractivity contribution in [2.45, 2.75) is 25.9 Å². The Bertz CT molecular complexity index is 1160. The average Bonchev–Trinajstić information content (AvgIpc) is 2.87. The maximum absolute atomic E-state index is 14.9. The molecule has 0 spiro atoms. The Hall–Kier alpha value is -3.29. The molecule has 0 aliphatic carbocycles. The van der Waals surface area contributed by atoms with Crippen molar-refractivity contribution in [3.63, 3.8) is 0 Å². The molecule has 4 rings (SSSR count). The molecule has 1 aliphatic rings. The van der Waals surface area contributed by atoms with E-state index in [1.54, 1.807) is 24.3 Å². The summed E-state index contributed by atoms with van der Waals surface area (Å²) in [5.74, 6) is -0.320. The predicted octanol–water partition coefficient (Wildman–Crippen LogP) is 4.51. The number of hydrogen-bond acceptors (Lipinski definition) is 4. The second-order valence-electron chi connectivity index (χ2n) is 9.42. The fourth-order valence-electron chi connectivity index (χ4n) is 4.30. The first kappa shape index (κ1) is 25.8. The highest BCUT2D eigenvalue weighted by Gasteiger charge is 2.19. The first-order chi connectivity index (χ1) is 17.4. The molecule has 1 atom stereocenters. The van der Waals surface area contributed by atoms with E-state index in [1.165, 1.54) is 18.2 Å². The van der Waals surface area contributed by atoms with Gasteiger partial charge in [0.05, 0.1) is 6.42 Å².